The zero-order valence-corrected chi connectivity index (χ0v) is 10.9. The van der Waals surface area contributed by atoms with Crippen molar-refractivity contribution in [1.29, 1.82) is 0 Å². The third kappa shape index (κ3) is 2.51. The number of ether oxygens (including phenoxy) is 1. The minimum Gasteiger partial charge on any atom is -0.479 e. The Bertz CT molecular complexity index is 468. The molecule has 0 radical (unpaired) electrons. The van der Waals surface area contributed by atoms with E-state index in [4.69, 9.17) is 4.74 Å². The molecule has 0 saturated carbocycles. The number of hydrogen-bond acceptors (Lipinski definition) is 4. The third-order valence-electron chi connectivity index (χ3n) is 2.77. The molecule has 1 aromatic rings. The van der Waals surface area contributed by atoms with Gasteiger partial charge >= 0.3 is 5.97 Å². The minimum absolute atomic E-state index is 0.0158. The summed E-state index contributed by atoms with van der Waals surface area (Å²) in [7, 11) is 0. The molecule has 7 heteroatoms. The molecule has 96 valence electrons. The Balaban J connectivity index is 2.15. The lowest BCUT2D eigenvalue weighted by atomic mass is 9.98. The quantitative estimate of drug-likeness (QED) is 0.806. The number of carbonyl (C=O) groups excluding carboxylic acids is 1. The predicted octanol–water partition coefficient (Wildman–Crippen LogP) is 0.818. The van der Waals surface area contributed by atoms with Gasteiger partial charge in [-0.15, -0.1) is 0 Å². The topological polar surface area (TPSA) is 88.5 Å². The van der Waals surface area contributed by atoms with Crippen LogP contribution in [-0.2, 0) is 9.53 Å². The number of aliphatic carboxylic acids is 1. The average molecular weight is 315 g/mol. The first-order valence-electron chi connectivity index (χ1n) is 5.29. The third-order valence-corrected chi connectivity index (χ3v) is 3.24. The molecule has 0 spiro atoms. The summed E-state index contributed by atoms with van der Waals surface area (Å²) in [5.74, 6) is -1.55. The molecule has 1 saturated heterocycles. The van der Waals surface area contributed by atoms with Crippen LogP contribution in [-0.4, -0.2) is 40.7 Å². The van der Waals surface area contributed by atoms with Gasteiger partial charge in [0, 0.05) is 19.2 Å². The van der Waals surface area contributed by atoms with Crippen molar-refractivity contribution in [2.75, 3.05) is 13.2 Å². The van der Waals surface area contributed by atoms with Crippen molar-refractivity contribution in [3.05, 3.63) is 28.5 Å². The van der Waals surface area contributed by atoms with E-state index in [0.29, 0.717) is 16.8 Å². The van der Waals surface area contributed by atoms with Crippen molar-refractivity contribution in [3.8, 4) is 0 Å². The normalized spacial score (nSPS) is 22.7. The summed E-state index contributed by atoms with van der Waals surface area (Å²) in [6.45, 7) is 0.309. The standard InChI is InChI=1S/C11H11BrN2O4/c12-8-2-1-7(5-13-8)9(15)14-11(10(16)17)3-4-18-6-11/h1-2,5H,3-4,6H2,(H,14,15)(H,16,17). The molecule has 0 aromatic carbocycles. The highest BCUT2D eigenvalue weighted by Gasteiger charge is 2.44. The van der Waals surface area contributed by atoms with Gasteiger partial charge in [-0.25, -0.2) is 9.78 Å². The molecule has 1 fully saturated rings. The first-order chi connectivity index (χ1) is 8.53. The second-order valence-corrected chi connectivity index (χ2v) is 4.83. The van der Waals surface area contributed by atoms with Gasteiger partial charge in [0.15, 0.2) is 5.54 Å². The van der Waals surface area contributed by atoms with E-state index in [1.807, 2.05) is 0 Å². The highest BCUT2D eigenvalue weighted by Crippen LogP contribution is 2.19. The van der Waals surface area contributed by atoms with Crippen LogP contribution in [0.2, 0.25) is 0 Å². The Morgan fingerprint density at radius 3 is 2.78 bits per heavy atom. The number of carbonyl (C=O) groups is 2. The van der Waals surface area contributed by atoms with Crippen molar-refractivity contribution in [2.24, 2.45) is 0 Å². The smallest absolute Gasteiger partial charge is 0.331 e. The Kier molecular flexibility index (Phi) is 3.63. The number of amides is 1. The fourth-order valence-electron chi connectivity index (χ4n) is 1.69. The van der Waals surface area contributed by atoms with Crippen molar-refractivity contribution in [3.63, 3.8) is 0 Å². The molecule has 0 aliphatic carbocycles. The number of halogens is 1. The Labute approximate surface area is 111 Å². The van der Waals surface area contributed by atoms with Crippen LogP contribution in [0.15, 0.2) is 22.9 Å². The summed E-state index contributed by atoms with van der Waals surface area (Å²) >= 11 is 3.16. The van der Waals surface area contributed by atoms with Crippen LogP contribution in [0.3, 0.4) is 0 Å². The van der Waals surface area contributed by atoms with Gasteiger partial charge in [0.05, 0.1) is 12.2 Å². The minimum atomic E-state index is -1.33. The van der Waals surface area contributed by atoms with Crippen LogP contribution in [0, 0.1) is 0 Å². The van der Waals surface area contributed by atoms with Gasteiger partial charge in [0.25, 0.3) is 5.91 Å². The van der Waals surface area contributed by atoms with E-state index in [0.717, 1.165) is 0 Å². The second-order valence-electron chi connectivity index (χ2n) is 4.01. The first kappa shape index (κ1) is 13.0. The van der Waals surface area contributed by atoms with E-state index in [1.54, 1.807) is 12.1 Å². The van der Waals surface area contributed by atoms with Gasteiger partial charge in [-0.3, -0.25) is 4.79 Å². The van der Waals surface area contributed by atoms with Crippen LogP contribution in [0.25, 0.3) is 0 Å². The van der Waals surface area contributed by atoms with Crippen LogP contribution >= 0.6 is 15.9 Å². The largest absolute Gasteiger partial charge is 0.479 e. The van der Waals surface area contributed by atoms with Crippen LogP contribution in [0.1, 0.15) is 16.8 Å². The summed E-state index contributed by atoms with van der Waals surface area (Å²) in [6.07, 6.45) is 1.64. The molecule has 2 N–H and O–H groups in total. The van der Waals surface area contributed by atoms with Gasteiger partial charge in [-0.1, -0.05) is 0 Å². The second kappa shape index (κ2) is 5.03. The van der Waals surface area contributed by atoms with Crippen molar-refractivity contribution in [1.82, 2.24) is 10.3 Å². The molecule has 1 atom stereocenters. The van der Waals surface area contributed by atoms with E-state index < -0.39 is 17.4 Å². The summed E-state index contributed by atoms with van der Waals surface area (Å²) in [4.78, 5) is 27.1. The number of nitrogens with zero attached hydrogens (tertiary/aromatic N) is 1. The monoisotopic (exact) mass is 314 g/mol. The molecule has 1 aliphatic heterocycles. The van der Waals surface area contributed by atoms with E-state index in [2.05, 4.69) is 26.2 Å². The Hall–Kier alpha value is -1.47. The summed E-state index contributed by atoms with van der Waals surface area (Å²) in [5, 5.41) is 11.7. The zero-order valence-electron chi connectivity index (χ0n) is 9.35. The molecule has 1 amide bonds. The molecule has 18 heavy (non-hydrogen) atoms. The van der Waals surface area contributed by atoms with E-state index >= 15 is 0 Å². The molecule has 1 aromatic heterocycles. The highest BCUT2D eigenvalue weighted by atomic mass is 79.9. The molecule has 2 heterocycles. The van der Waals surface area contributed by atoms with E-state index in [9.17, 15) is 14.7 Å². The Morgan fingerprint density at radius 2 is 2.28 bits per heavy atom. The molecule has 6 nitrogen and oxygen atoms in total. The van der Waals surface area contributed by atoms with E-state index in [1.165, 1.54) is 6.20 Å². The van der Waals surface area contributed by atoms with Gasteiger partial charge in [-0.2, -0.15) is 0 Å². The summed E-state index contributed by atoms with van der Waals surface area (Å²) in [6, 6.07) is 3.19. The molecule has 1 aliphatic rings. The molecular weight excluding hydrogens is 304 g/mol. The highest BCUT2D eigenvalue weighted by molar-refractivity contribution is 9.10. The van der Waals surface area contributed by atoms with Crippen molar-refractivity contribution in [2.45, 2.75) is 12.0 Å². The maximum absolute atomic E-state index is 11.9. The van der Waals surface area contributed by atoms with Crippen molar-refractivity contribution >= 4 is 27.8 Å². The maximum Gasteiger partial charge on any atom is 0.331 e. The van der Waals surface area contributed by atoms with Crippen molar-refractivity contribution < 1.29 is 19.4 Å². The number of carboxylic acids is 1. The molecular formula is C11H11BrN2O4. The van der Waals surface area contributed by atoms with Gasteiger partial charge in [0.2, 0.25) is 0 Å². The average Bonchev–Trinajstić information content (AvgIpc) is 2.79. The van der Waals surface area contributed by atoms with Gasteiger partial charge in [-0.05, 0) is 28.1 Å². The number of carboxylic acid groups (broad SMARTS) is 1. The lowest BCUT2D eigenvalue weighted by Gasteiger charge is -2.23. The van der Waals surface area contributed by atoms with Gasteiger partial charge < -0.3 is 15.2 Å². The lowest BCUT2D eigenvalue weighted by molar-refractivity contribution is -0.144. The number of hydrogen-bond donors (Lipinski definition) is 2. The summed E-state index contributed by atoms with van der Waals surface area (Å²) < 4.78 is 5.67. The summed E-state index contributed by atoms with van der Waals surface area (Å²) in [5.41, 5.74) is -1.02. The number of nitrogens with one attached hydrogen (secondary N) is 1. The van der Waals surface area contributed by atoms with E-state index in [-0.39, 0.29) is 13.0 Å². The van der Waals surface area contributed by atoms with Crippen LogP contribution in [0.5, 0.6) is 0 Å². The zero-order chi connectivity index (χ0) is 13.2. The Morgan fingerprint density at radius 1 is 1.50 bits per heavy atom. The van der Waals surface area contributed by atoms with Crippen LogP contribution < -0.4 is 5.32 Å². The molecule has 1 unspecified atom stereocenters. The fourth-order valence-corrected chi connectivity index (χ4v) is 1.92. The fraction of sp³-hybridized carbons (Fsp3) is 0.364. The lowest BCUT2D eigenvalue weighted by Crippen LogP contribution is -2.55. The van der Waals surface area contributed by atoms with Crippen LogP contribution in [0.4, 0.5) is 0 Å². The molecule has 0 bridgehead atoms. The van der Waals surface area contributed by atoms with Gasteiger partial charge in [0.1, 0.15) is 4.60 Å². The number of rotatable bonds is 3. The predicted molar refractivity (Wildman–Crippen MR) is 65.2 cm³/mol. The maximum atomic E-state index is 11.9. The number of pyridine rings is 1. The first-order valence-corrected chi connectivity index (χ1v) is 6.08. The SMILES string of the molecule is O=C(NC1(C(=O)O)CCOC1)c1ccc(Br)nc1. The molecule has 2 rings (SSSR count). The number of aromatic nitrogens is 1.